The minimum Gasteiger partial charge on any atom is -0.373 e. The molecule has 19 heavy (non-hydrogen) atoms. The molecule has 0 radical (unpaired) electrons. The van der Waals surface area contributed by atoms with Crippen molar-refractivity contribution in [2.24, 2.45) is 5.73 Å². The Morgan fingerprint density at radius 1 is 1.42 bits per heavy atom. The molecular formula is C14H19FN4. The van der Waals surface area contributed by atoms with Crippen molar-refractivity contribution in [2.75, 3.05) is 11.9 Å². The third-order valence-corrected chi connectivity index (χ3v) is 3.01. The van der Waals surface area contributed by atoms with Crippen LogP contribution in [0.15, 0.2) is 36.8 Å². The van der Waals surface area contributed by atoms with Gasteiger partial charge in [-0.05, 0) is 18.6 Å². The van der Waals surface area contributed by atoms with E-state index in [9.17, 15) is 4.39 Å². The highest BCUT2D eigenvalue weighted by Crippen LogP contribution is 2.21. The van der Waals surface area contributed by atoms with Crippen molar-refractivity contribution in [1.29, 1.82) is 0 Å². The van der Waals surface area contributed by atoms with E-state index in [1.165, 1.54) is 6.07 Å². The van der Waals surface area contributed by atoms with Gasteiger partial charge >= 0.3 is 0 Å². The Balaban J connectivity index is 2.20. The first-order valence-corrected chi connectivity index (χ1v) is 6.47. The largest absolute Gasteiger partial charge is 0.373 e. The van der Waals surface area contributed by atoms with Crippen LogP contribution in [-0.2, 0) is 6.54 Å². The van der Waals surface area contributed by atoms with Gasteiger partial charge in [0.05, 0.1) is 29.9 Å². The monoisotopic (exact) mass is 262 g/mol. The molecular weight excluding hydrogens is 243 g/mol. The lowest BCUT2D eigenvalue weighted by molar-refractivity contribution is 0.602. The van der Waals surface area contributed by atoms with Crippen molar-refractivity contribution < 1.29 is 4.39 Å². The Morgan fingerprint density at radius 2 is 2.21 bits per heavy atom. The third kappa shape index (κ3) is 3.12. The fraction of sp³-hybridized carbons (Fsp3) is 0.357. The summed E-state index contributed by atoms with van der Waals surface area (Å²) in [6.45, 7) is 3.36. The van der Waals surface area contributed by atoms with E-state index >= 15 is 0 Å². The average molecular weight is 262 g/mol. The zero-order chi connectivity index (χ0) is 13.7. The molecule has 1 heterocycles. The maximum atomic E-state index is 13.7. The number of nitrogens with one attached hydrogen (secondary N) is 1. The summed E-state index contributed by atoms with van der Waals surface area (Å²) in [5.41, 5.74) is 7.24. The number of hydrogen-bond acceptors (Lipinski definition) is 3. The number of para-hydroxylation sites is 1. The molecule has 5 heteroatoms. The van der Waals surface area contributed by atoms with Gasteiger partial charge in [0.15, 0.2) is 0 Å². The molecule has 2 aromatic rings. The van der Waals surface area contributed by atoms with Crippen LogP contribution in [-0.4, -0.2) is 16.1 Å². The zero-order valence-electron chi connectivity index (χ0n) is 11.0. The van der Waals surface area contributed by atoms with Crippen molar-refractivity contribution in [3.8, 4) is 0 Å². The van der Waals surface area contributed by atoms with E-state index in [1.807, 2.05) is 4.57 Å². The quantitative estimate of drug-likeness (QED) is 0.841. The highest BCUT2D eigenvalue weighted by molar-refractivity contribution is 5.46. The van der Waals surface area contributed by atoms with Crippen molar-refractivity contribution in [3.05, 3.63) is 48.3 Å². The van der Waals surface area contributed by atoms with Gasteiger partial charge in [-0.1, -0.05) is 19.1 Å². The molecule has 3 N–H and O–H groups in total. The fourth-order valence-electron chi connectivity index (χ4n) is 2.07. The number of rotatable bonds is 6. The summed E-state index contributed by atoms with van der Waals surface area (Å²) >= 11 is 0. The van der Waals surface area contributed by atoms with Crippen LogP contribution in [0.2, 0.25) is 0 Å². The predicted octanol–water partition coefficient (Wildman–Crippen LogP) is 2.54. The molecule has 0 saturated heterocycles. The van der Waals surface area contributed by atoms with Gasteiger partial charge in [0, 0.05) is 13.1 Å². The van der Waals surface area contributed by atoms with E-state index in [-0.39, 0.29) is 11.9 Å². The summed E-state index contributed by atoms with van der Waals surface area (Å²) in [5.74, 6) is -0.275. The number of benzene rings is 1. The number of aryl methyl sites for hydroxylation is 1. The first-order chi connectivity index (χ1) is 9.26. The number of aromatic nitrogens is 2. The Hall–Kier alpha value is -1.88. The maximum absolute atomic E-state index is 13.7. The van der Waals surface area contributed by atoms with E-state index < -0.39 is 0 Å². The van der Waals surface area contributed by atoms with E-state index in [0.717, 1.165) is 18.7 Å². The van der Waals surface area contributed by atoms with E-state index in [2.05, 4.69) is 17.2 Å². The smallest absolute Gasteiger partial charge is 0.146 e. The van der Waals surface area contributed by atoms with Gasteiger partial charge in [0.1, 0.15) is 5.82 Å². The van der Waals surface area contributed by atoms with Gasteiger partial charge in [0.2, 0.25) is 0 Å². The van der Waals surface area contributed by atoms with Gasteiger partial charge in [-0.25, -0.2) is 9.37 Å². The molecule has 0 spiro atoms. The Bertz CT molecular complexity index is 524. The summed E-state index contributed by atoms with van der Waals surface area (Å²) < 4.78 is 15.7. The van der Waals surface area contributed by atoms with Gasteiger partial charge in [-0.15, -0.1) is 0 Å². The molecule has 0 saturated carbocycles. The second-order valence-electron chi connectivity index (χ2n) is 4.42. The third-order valence-electron chi connectivity index (χ3n) is 3.01. The Kier molecular flexibility index (Phi) is 4.52. The number of imidazole rings is 1. The standard InChI is InChI=1S/C14H19FN4/c1-2-7-19-10-17-9-14(19)13(8-16)18-12-6-4-3-5-11(12)15/h3-6,9-10,13,18H,2,7-8,16H2,1H3. The Morgan fingerprint density at radius 3 is 2.89 bits per heavy atom. The molecule has 2 rings (SSSR count). The maximum Gasteiger partial charge on any atom is 0.146 e. The van der Waals surface area contributed by atoms with Crippen LogP contribution in [0, 0.1) is 5.82 Å². The normalized spacial score (nSPS) is 12.4. The zero-order valence-corrected chi connectivity index (χ0v) is 11.0. The predicted molar refractivity (Wildman–Crippen MR) is 74.3 cm³/mol. The van der Waals surface area contributed by atoms with Crippen molar-refractivity contribution in [3.63, 3.8) is 0 Å². The van der Waals surface area contributed by atoms with Crippen LogP contribution in [0.4, 0.5) is 10.1 Å². The molecule has 102 valence electrons. The van der Waals surface area contributed by atoms with Crippen molar-refractivity contribution >= 4 is 5.69 Å². The lowest BCUT2D eigenvalue weighted by Crippen LogP contribution is -2.23. The van der Waals surface area contributed by atoms with Crippen LogP contribution < -0.4 is 11.1 Å². The molecule has 0 aliphatic carbocycles. The minimum absolute atomic E-state index is 0.147. The lowest BCUT2D eigenvalue weighted by atomic mass is 10.2. The van der Waals surface area contributed by atoms with Gasteiger partial charge in [-0.2, -0.15) is 0 Å². The molecule has 0 fully saturated rings. The molecule has 4 nitrogen and oxygen atoms in total. The topological polar surface area (TPSA) is 55.9 Å². The first kappa shape index (κ1) is 13.5. The van der Waals surface area contributed by atoms with Crippen LogP contribution in [0.1, 0.15) is 25.1 Å². The van der Waals surface area contributed by atoms with Crippen LogP contribution in [0.3, 0.4) is 0 Å². The van der Waals surface area contributed by atoms with Gasteiger partial charge in [0.25, 0.3) is 0 Å². The molecule has 0 amide bonds. The van der Waals surface area contributed by atoms with Crippen LogP contribution in [0.25, 0.3) is 0 Å². The number of hydrogen-bond donors (Lipinski definition) is 2. The summed E-state index contributed by atoms with van der Waals surface area (Å²) in [6, 6.07) is 6.45. The van der Waals surface area contributed by atoms with E-state index in [1.54, 1.807) is 30.7 Å². The molecule has 1 aromatic carbocycles. The van der Waals surface area contributed by atoms with E-state index in [4.69, 9.17) is 5.73 Å². The summed E-state index contributed by atoms with van der Waals surface area (Å²) in [4.78, 5) is 4.15. The summed E-state index contributed by atoms with van der Waals surface area (Å²) in [5, 5.41) is 3.14. The molecule has 0 aliphatic rings. The number of nitrogens with two attached hydrogens (primary N) is 1. The summed E-state index contributed by atoms with van der Waals surface area (Å²) in [6.07, 6.45) is 4.58. The lowest BCUT2D eigenvalue weighted by Gasteiger charge is -2.20. The number of halogens is 1. The van der Waals surface area contributed by atoms with Crippen LogP contribution >= 0.6 is 0 Å². The first-order valence-electron chi connectivity index (χ1n) is 6.47. The molecule has 0 bridgehead atoms. The number of anilines is 1. The van der Waals surface area contributed by atoms with E-state index in [0.29, 0.717) is 12.2 Å². The molecule has 1 unspecified atom stereocenters. The minimum atomic E-state index is -0.275. The number of nitrogens with zero attached hydrogens (tertiary/aromatic N) is 2. The molecule has 1 atom stereocenters. The second-order valence-corrected chi connectivity index (χ2v) is 4.42. The summed E-state index contributed by atoms with van der Waals surface area (Å²) in [7, 11) is 0. The fourth-order valence-corrected chi connectivity index (χ4v) is 2.07. The Labute approximate surface area is 112 Å². The highest BCUT2D eigenvalue weighted by Gasteiger charge is 2.15. The highest BCUT2D eigenvalue weighted by atomic mass is 19.1. The SMILES string of the molecule is CCCn1cncc1C(CN)Nc1ccccc1F. The second kappa shape index (κ2) is 6.33. The molecule has 1 aromatic heterocycles. The van der Waals surface area contributed by atoms with Crippen molar-refractivity contribution in [2.45, 2.75) is 25.9 Å². The molecule has 0 aliphatic heterocycles. The van der Waals surface area contributed by atoms with Crippen LogP contribution in [0.5, 0.6) is 0 Å². The average Bonchev–Trinajstić information content (AvgIpc) is 2.86. The van der Waals surface area contributed by atoms with Gasteiger partial charge < -0.3 is 15.6 Å². The van der Waals surface area contributed by atoms with Crippen molar-refractivity contribution in [1.82, 2.24) is 9.55 Å². The van der Waals surface area contributed by atoms with Gasteiger partial charge in [-0.3, -0.25) is 0 Å².